The van der Waals surface area contributed by atoms with Crippen LogP contribution in [0.5, 0.6) is 0 Å². The number of hydrogen-bond acceptors (Lipinski definition) is 4. The first-order valence-corrected chi connectivity index (χ1v) is 8.40. The second-order valence-corrected chi connectivity index (χ2v) is 6.77. The molecule has 0 aliphatic carbocycles. The Hall–Kier alpha value is -0.950. The van der Waals surface area contributed by atoms with E-state index in [0.29, 0.717) is 6.26 Å². The van der Waals surface area contributed by atoms with Gasteiger partial charge in [-0.1, -0.05) is 30.0 Å². The predicted octanol–water partition coefficient (Wildman–Crippen LogP) is 3.63. The molecule has 19 heavy (non-hydrogen) atoms. The Kier molecular flexibility index (Phi) is 6.44. The Labute approximate surface area is 123 Å². The normalized spacial score (nSPS) is 10.5. The maximum absolute atomic E-state index is 9.19. The molecule has 0 spiro atoms. The SMILES string of the molecule is CS(=O)(=O)O.Sc1ccc(Sc2ccccc2)cc1. The van der Waals surface area contributed by atoms with Crippen molar-refractivity contribution in [2.24, 2.45) is 0 Å². The fraction of sp³-hybridized carbons (Fsp3) is 0.0769. The summed E-state index contributed by atoms with van der Waals surface area (Å²) >= 11 is 6.01. The Morgan fingerprint density at radius 1 is 0.947 bits per heavy atom. The zero-order valence-corrected chi connectivity index (χ0v) is 12.8. The molecule has 0 aliphatic rings. The van der Waals surface area contributed by atoms with Crippen molar-refractivity contribution in [3.8, 4) is 0 Å². The molecule has 3 nitrogen and oxygen atoms in total. The summed E-state index contributed by atoms with van der Waals surface area (Å²) in [6.07, 6.45) is 0.715. The van der Waals surface area contributed by atoms with Crippen LogP contribution in [0.4, 0.5) is 0 Å². The van der Waals surface area contributed by atoms with Crippen LogP contribution in [0.15, 0.2) is 69.3 Å². The predicted molar refractivity (Wildman–Crippen MR) is 81.7 cm³/mol. The molecule has 6 heteroatoms. The Morgan fingerprint density at radius 2 is 1.37 bits per heavy atom. The van der Waals surface area contributed by atoms with E-state index in [-0.39, 0.29) is 0 Å². The second-order valence-electron chi connectivity index (χ2n) is 3.64. The van der Waals surface area contributed by atoms with Crippen LogP contribution in [-0.2, 0) is 10.1 Å². The van der Waals surface area contributed by atoms with Crippen molar-refractivity contribution >= 4 is 34.5 Å². The standard InChI is InChI=1S/C12H10S2.CH4O3S/c13-10-6-8-12(9-7-10)14-11-4-2-1-3-5-11;1-5(2,3)4/h1-9,13H;1H3,(H,2,3,4). The topological polar surface area (TPSA) is 54.4 Å². The third kappa shape index (κ3) is 8.72. The summed E-state index contributed by atoms with van der Waals surface area (Å²) in [5.74, 6) is 0. The molecular formula is C13H14O3S3. The van der Waals surface area contributed by atoms with E-state index < -0.39 is 10.1 Å². The van der Waals surface area contributed by atoms with Crippen molar-refractivity contribution in [2.75, 3.05) is 6.26 Å². The summed E-state index contributed by atoms with van der Waals surface area (Å²) in [5.41, 5.74) is 0. The van der Waals surface area contributed by atoms with E-state index in [2.05, 4.69) is 49.0 Å². The molecule has 0 saturated heterocycles. The van der Waals surface area contributed by atoms with Gasteiger partial charge in [0.15, 0.2) is 0 Å². The van der Waals surface area contributed by atoms with Crippen molar-refractivity contribution in [3.63, 3.8) is 0 Å². The van der Waals surface area contributed by atoms with E-state index in [0.717, 1.165) is 4.90 Å². The van der Waals surface area contributed by atoms with Gasteiger partial charge < -0.3 is 0 Å². The Bertz CT molecular complexity index is 585. The lowest BCUT2D eigenvalue weighted by Crippen LogP contribution is -1.88. The molecule has 2 aromatic carbocycles. The molecule has 0 aromatic heterocycles. The summed E-state index contributed by atoms with van der Waals surface area (Å²) < 4.78 is 25.9. The van der Waals surface area contributed by atoms with Crippen molar-refractivity contribution < 1.29 is 13.0 Å². The molecule has 0 radical (unpaired) electrons. The lowest BCUT2D eigenvalue weighted by Gasteiger charge is -2.00. The molecule has 0 atom stereocenters. The molecule has 0 bridgehead atoms. The van der Waals surface area contributed by atoms with Crippen LogP contribution in [0.3, 0.4) is 0 Å². The Balaban J connectivity index is 0.000000312. The van der Waals surface area contributed by atoms with Gasteiger partial charge in [-0.15, -0.1) is 12.6 Å². The summed E-state index contributed by atoms with van der Waals surface area (Å²) in [5, 5.41) is 0. The third-order valence-corrected chi connectivity index (χ3v) is 3.13. The summed E-state index contributed by atoms with van der Waals surface area (Å²) in [4.78, 5) is 3.51. The van der Waals surface area contributed by atoms with Crippen LogP contribution in [0.1, 0.15) is 0 Å². The number of benzene rings is 2. The van der Waals surface area contributed by atoms with Gasteiger partial charge in [0.2, 0.25) is 0 Å². The average molecular weight is 314 g/mol. The van der Waals surface area contributed by atoms with Crippen molar-refractivity contribution in [1.29, 1.82) is 0 Å². The fourth-order valence-electron chi connectivity index (χ4n) is 1.14. The number of rotatable bonds is 2. The lowest BCUT2D eigenvalue weighted by molar-refractivity contribution is 0.490. The number of thiol groups is 1. The van der Waals surface area contributed by atoms with E-state index in [1.807, 2.05) is 18.2 Å². The number of hydrogen-bond donors (Lipinski definition) is 2. The monoisotopic (exact) mass is 314 g/mol. The minimum absolute atomic E-state index is 0.715. The van der Waals surface area contributed by atoms with E-state index >= 15 is 0 Å². The molecular weight excluding hydrogens is 300 g/mol. The van der Waals surface area contributed by atoms with Crippen LogP contribution < -0.4 is 0 Å². The van der Waals surface area contributed by atoms with Gasteiger partial charge in [0.05, 0.1) is 6.26 Å². The van der Waals surface area contributed by atoms with Gasteiger partial charge >= 0.3 is 0 Å². The molecule has 2 rings (SSSR count). The van der Waals surface area contributed by atoms with Gasteiger partial charge in [0.25, 0.3) is 10.1 Å². The van der Waals surface area contributed by atoms with Crippen LogP contribution >= 0.6 is 24.4 Å². The Morgan fingerprint density at radius 3 is 1.84 bits per heavy atom. The zero-order chi connectivity index (χ0) is 14.3. The molecule has 1 N–H and O–H groups in total. The highest BCUT2D eigenvalue weighted by atomic mass is 32.2. The van der Waals surface area contributed by atoms with Crippen LogP contribution in [0, 0.1) is 0 Å². The van der Waals surface area contributed by atoms with Crippen LogP contribution in [0.2, 0.25) is 0 Å². The van der Waals surface area contributed by atoms with Gasteiger partial charge in [0.1, 0.15) is 0 Å². The van der Waals surface area contributed by atoms with Gasteiger partial charge in [-0.25, -0.2) is 0 Å². The summed E-state index contributed by atoms with van der Waals surface area (Å²) in [6, 6.07) is 18.5. The quantitative estimate of drug-likeness (QED) is 0.656. The minimum Gasteiger partial charge on any atom is -0.286 e. The largest absolute Gasteiger partial charge is 0.286 e. The highest BCUT2D eigenvalue weighted by Crippen LogP contribution is 2.27. The highest BCUT2D eigenvalue weighted by Gasteiger charge is 1.95. The molecule has 0 amide bonds. The van der Waals surface area contributed by atoms with E-state index in [1.165, 1.54) is 9.79 Å². The van der Waals surface area contributed by atoms with Crippen molar-refractivity contribution in [1.82, 2.24) is 0 Å². The van der Waals surface area contributed by atoms with E-state index in [4.69, 9.17) is 4.55 Å². The molecule has 0 heterocycles. The van der Waals surface area contributed by atoms with Gasteiger partial charge in [-0.3, -0.25) is 4.55 Å². The van der Waals surface area contributed by atoms with Crippen LogP contribution in [-0.4, -0.2) is 19.2 Å². The first-order valence-electron chi connectivity index (χ1n) is 5.29. The fourth-order valence-corrected chi connectivity index (χ4v) is 2.13. The van der Waals surface area contributed by atoms with Gasteiger partial charge in [-0.05, 0) is 36.4 Å². The lowest BCUT2D eigenvalue weighted by atomic mass is 10.4. The average Bonchev–Trinajstić information content (AvgIpc) is 2.31. The first kappa shape index (κ1) is 16.1. The molecule has 102 valence electrons. The third-order valence-electron chi connectivity index (χ3n) is 1.82. The maximum Gasteiger partial charge on any atom is 0.261 e. The zero-order valence-electron chi connectivity index (χ0n) is 10.2. The van der Waals surface area contributed by atoms with Crippen LogP contribution in [0.25, 0.3) is 0 Å². The van der Waals surface area contributed by atoms with Gasteiger partial charge in [0, 0.05) is 14.7 Å². The molecule has 0 aliphatic heterocycles. The maximum atomic E-state index is 9.19. The molecule has 0 saturated carbocycles. The summed E-state index contributed by atoms with van der Waals surface area (Å²) in [6.45, 7) is 0. The molecule has 0 fully saturated rings. The van der Waals surface area contributed by atoms with E-state index in [1.54, 1.807) is 11.8 Å². The van der Waals surface area contributed by atoms with E-state index in [9.17, 15) is 8.42 Å². The molecule has 0 unspecified atom stereocenters. The second kappa shape index (κ2) is 7.59. The van der Waals surface area contributed by atoms with Crippen molar-refractivity contribution in [2.45, 2.75) is 14.7 Å². The van der Waals surface area contributed by atoms with Gasteiger partial charge in [-0.2, -0.15) is 8.42 Å². The first-order chi connectivity index (χ1) is 8.84. The molecule has 2 aromatic rings. The smallest absolute Gasteiger partial charge is 0.261 e. The van der Waals surface area contributed by atoms with Crippen molar-refractivity contribution in [3.05, 3.63) is 54.6 Å². The highest BCUT2D eigenvalue weighted by molar-refractivity contribution is 7.99. The minimum atomic E-state index is -3.67. The summed E-state index contributed by atoms with van der Waals surface area (Å²) in [7, 11) is -3.67.